The van der Waals surface area contributed by atoms with Crippen LogP contribution in [-0.4, -0.2) is 5.78 Å². The van der Waals surface area contributed by atoms with E-state index in [0.717, 1.165) is 12.0 Å². The number of carbonyl (C=O) groups excluding carboxylic acids is 1. The lowest BCUT2D eigenvalue weighted by Crippen LogP contribution is -2.17. The van der Waals surface area contributed by atoms with Gasteiger partial charge in [-0.15, -0.1) is 0 Å². The number of carbonyl (C=O) groups is 1. The summed E-state index contributed by atoms with van der Waals surface area (Å²) in [6.07, 6.45) is 4.42. The molecule has 1 nitrogen and oxygen atoms in total. The zero-order chi connectivity index (χ0) is 13.2. The average Bonchev–Trinajstić information content (AvgIpc) is 2.43. The van der Waals surface area contributed by atoms with Crippen LogP contribution in [-0.2, 0) is 11.2 Å². The van der Waals surface area contributed by atoms with Crippen molar-refractivity contribution >= 4 is 11.9 Å². The van der Waals surface area contributed by atoms with Crippen molar-refractivity contribution in [1.82, 2.24) is 0 Å². The predicted molar refractivity (Wildman–Crippen MR) is 78.1 cm³/mol. The van der Waals surface area contributed by atoms with E-state index in [1.165, 1.54) is 16.7 Å². The first-order valence-electron chi connectivity index (χ1n) is 6.60. The molecular weight excluding hydrogens is 232 g/mol. The van der Waals surface area contributed by atoms with Gasteiger partial charge in [-0.2, -0.15) is 0 Å². The van der Waals surface area contributed by atoms with Crippen LogP contribution in [0.4, 0.5) is 0 Å². The van der Waals surface area contributed by atoms with Crippen LogP contribution in [0, 0.1) is 6.92 Å². The fourth-order valence-corrected chi connectivity index (χ4v) is 2.65. The highest BCUT2D eigenvalue weighted by Gasteiger charge is 2.24. The fourth-order valence-electron chi connectivity index (χ4n) is 2.65. The van der Waals surface area contributed by atoms with Crippen LogP contribution < -0.4 is 0 Å². The molecule has 0 bridgehead atoms. The molecule has 0 aromatic heterocycles. The van der Waals surface area contributed by atoms with E-state index < -0.39 is 0 Å². The van der Waals surface area contributed by atoms with Crippen LogP contribution >= 0.6 is 0 Å². The summed E-state index contributed by atoms with van der Waals surface area (Å²) in [5.74, 6) is 0.171. The molecule has 94 valence electrons. The minimum absolute atomic E-state index is 0.0395. The Bertz CT molecular complexity index is 638. The normalized spacial score (nSPS) is 17.3. The van der Waals surface area contributed by atoms with Gasteiger partial charge in [0.25, 0.3) is 0 Å². The number of hydrogen-bond donors (Lipinski definition) is 0. The van der Waals surface area contributed by atoms with E-state index in [0.29, 0.717) is 0 Å². The van der Waals surface area contributed by atoms with Crippen molar-refractivity contribution in [3.63, 3.8) is 0 Å². The van der Waals surface area contributed by atoms with Crippen molar-refractivity contribution in [1.29, 1.82) is 0 Å². The summed E-state index contributed by atoms with van der Waals surface area (Å²) in [4.78, 5) is 12.2. The Balaban J connectivity index is 1.99. The summed E-state index contributed by atoms with van der Waals surface area (Å²) in [6.45, 7) is 2.07. The van der Waals surface area contributed by atoms with Crippen molar-refractivity contribution in [2.45, 2.75) is 19.3 Å². The number of ketones is 1. The zero-order valence-corrected chi connectivity index (χ0v) is 11.0. The van der Waals surface area contributed by atoms with Gasteiger partial charge in [-0.25, -0.2) is 0 Å². The Morgan fingerprint density at radius 2 is 1.79 bits per heavy atom. The second-order valence-electron chi connectivity index (χ2n) is 5.11. The van der Waals surface area contributed by atoms with Gasteiger partial charge in [0.1, 0.15) is 0 Å². The molecule has 19 heavy (non-hydrogen) atoms. The Labute approximate surface area is 113 Å². The molecule has 0 saturated carbocycles. The van der Waals surface area contributed by atoms with E-state index in [-0.39, 0.29) is 11.7 Å². The molecule has 1 atom stereocenters. The Hall–Kier alpha value is -2.15. The highest BCUT2D eigenvalue weighted by Crippen LogP contribution is 2.31. The number of aryl methyl sites for hydroxylation is 1. The molecule has 1 unspecified atom stereocenters. The standard InChI is InChI=1S/C18H16O/c1-13-7-8-15-9-10-18(19)17(16(15)11-13)12-14-5-3-2-4-6-14/h2-11,17H,12H2,1H3. The lowest BCUT2D eigenvalue weighted by molar-refractivity contribution is -0.116. The van der Waals surface area contributed by atoms with E-state index in [1.54, 1.807) is 6.08 Å². The first kappa shape index (κ1) is 11.9. The third-order valence-electron chi connectivity index (χ3n) is 3.67. The lowest BCUT2D eigenvalue weighted by Gasteiger charge is -2.21. The molecule has 0 amide bonds. The summed E-state index contributed by atoms with van der Waals surface area (Å²) >= 11 is 0. The highest BCUT2D eigenvalue weighted by molar-refractivity contribution is 6.02. The number of benzene rings is 2. The van der Waals surface area contributed by atoms with Crippen molar-refractivity contribution in [3.8, 4) is 0 Å². The second kappa shape index (κ2) is 4.85. The minimum atomic E-state index is -0.0395. The maximum Gasteiger partial charge on any atom is 0.163 e. The first-order chi connectivity index (χ1) is 9.24. The van der Waals surface area contributed by atoms with Crippen LogP contribution in [0.3, 0.4) is 0 Å². The van der Waals surface area contributed by atoms with Crippen LogP contribution in [0.15, 0.2) is 54.6 Å². The lowest BCUT2D eigenvalue weighted by atomic mass is 9.81. The molecule has 3 rings (SSSR count). The van der Waals surface area contributed by atoms with Crippen LogP contribution in [0.2, 0.25) is 0 Å². The maximum atomic E-state index is 12.2. The van der Waals surface area contributed by atoms with Gasteiger partial charge in [0.2, 0.25) is 0 Å². The first-order valence-corrected chi connectivity index (χ1v) is 6.60. The van der Waals surface area contributed by atoms with Crippen LogP contribution in [0.5, 0.6) is 0 Å². The van der Waals surface area contributed by atoms with Gasteiger partial charge in [0, 0.05) is 0 Å². The second-order valence-corrected chi connectivity index (χ2v) is 5.11. The van der Waals surface area contributed by atoms with Crippen molar-refractivity contribution in [2.75, 3.05) is 0 Å². The SMILES string of the molecule is Cc1ccc2c(c1)C(Cc1ccccc1)C(=O)C=C2. The van der Waals surface area contributed by atoms with Crippen molar-refractivity contribution < 1.29 is 4.79 Å². The molecule has 0 fully saturated rings. The topological polar surface area (TPSA) is 17.1 Å². The summed E-state index contributed by atoms with van der Waals surface area (Å²) in [5.41, 5.74) is 4.76. The molecule has 1 aliphatic carbocycles. The van der Waals surface area contributed by atoms with Gasteiger partial charge in [-0.1, -0.05) is 60.2 Å². The molecule has 1 aliphatic rings. The zero-order valence-electron chi connectivity index (χ0n) is 11.0. The Morgan fingerprint density at radius 3 is 2.58 bits per heavy atom. The van der Waals surface area contributed by atoms with Crippen LogP contribution in [0.1, 0.15) is 28.2 Å². The van der Waals surface area contributed by atoms with E-state index >= 15 is 0 Å². The molecule has 0 aliphatic heterocycles. The quantitative estimate of drug-likeness (QED) is 0.787. The third-order valence-corrected chi connectivity index (χ3v) is 3.67. The van der Waals surface area contributed by atoms with Gasteiger partial charge < -0.3 is 0 Å². The summed E-state index contributed by atoms with van der Waals surface area (Å²) in [7, 11) is 0. The van der Waals surface area contributed by atoms with Crippen LogP contribution in [0.25, 0.3) is 6.08 Å². The fraction of sp³-hybridized carbons (Fsp3) is 0.167. The predicted octanol–water partition coefficient (Wildman–Crippen LogP) is 3.92. The van der Waals surface area contributed by atoms with Gasteiger partial charge in [-0.3, -0.25) is 4.79 Å². The highest BCUT2D eigenvalue weighted by atomic mass is 16.1. The monoisotopic (exact) mass is 248 g/mol. The molecule has 2 aromatic rings. The van der Waals surface area contributed by atoms with E-state index in [9.17, 15) is 4.79 Å². The maximum absolute atomic E-state index is 12.2. The molecule has 0 heterocycles. The molecular formula is C18H16O. The summed E-state index contributed by atoms with van der Waals surface area (Å²) in [5, 5.41) is 0. The molecule has 0 N–H and O–H groups in total. The Kier molecular flexibility index (Phi) is 3.04. The molecule has 1 heteroatoms. The molecule has 0 saturated heterocycles. The summed E-state index contributed by atoms with van der Waals surface area (Å²) < 4.78 is 0. The third kappa shape index (κ3) is 2.37. The minimum Gasteiger partial charge on any atom is -0.294 e. The van der Waals surface area contributed by atoms with Gasteiger partial charge in [0.05, 0.1) is 5.92 Å². The smallest absolute Gasteiger partial charge is 0.163 e. The molecule has 2 aromatic carbocycles. The molecule has 0 spiro atoms. The van der Waals surface area contributed by atoms with Gasteiger partial charge >= 0.3 is 0 Å². The van der Waals surface area contributed by atoms with E-state index in [4.69, 9.17) is 0 Å². The van der Waals surface area contributed by atoms with Gasteiger partial charge in [-0.05, 0) is 36.1 Å². The number of fused-ring (bicyclic) bond motifs is 1. The van der Waals surface area contributed by atoms with Crippen molar-refractivity contribution in [2.24, 2.45) is 0 Å². The Morgan fingerprint density at radius 1 is 1.00 bits per heavy atom. The van der Waals surface area contributed by atoms with E-state index in [2.05, 4.69) is 37.3 Å². The van der Waals surface area contributed by atoms with Gasteiger partial charge in [0.15, 0.2) is 5.78 Å². The number of rotatable bonds is 2. The van der Waals surface area contributed by atoms with E-state index in [1.807, 2.05) is 24.3 Å². The number of allylic oxidation sites excluding steroid dienone is 1. The number of hydrogen-bond acceptors (Lipinski definition) is 1. The molecule has 0 radical (unpaired) electrons. The average molecular weight is 248 g/mol. The largest absolute Gasteiger partial charge is 0.294 e. The summed E-state index contributed by atoms with van der Waals surface area (Å²) in [6, 6.07) is 16.6. The van der Waals surface area contributed by atoms with Crippen molar-refractivity contribution in [3.05, 3.63) is 76.9 Å².